The van der Waals surface area contributed by atoms with Crippen molar-refractivity contribution >= 4 is 5.91 Å². The van der Waals surface area contributed by atoms with Crippen LogP contribution in [0.4, 0.5) is 0 Å². The van der Waals surface area contributed by atoms with Crippen LogP contribution in [-0.2, 0) is 17.8 Å². The van der Waals surface area contributed by atoms with Gasteiger partial charge in [-0.05, 0) is 38.2 Å². The number of rotatable bonds is 4. The molecule has 0 atom stereocenters. The van der Waals surface area contributed by atoms with E-state index in [0.29, 0.717) is 5.92 Å². The molecular formula is C20H29N5O. The highest BCUT2D eigenvalue weighted by molar-refractivity contribution is 5.81. The minimum Gasteiger partial charge on any atom is -0.342 e. The van der Waals surface area contributed by atoms with E-state index in [-0.39, 0.29) is 11.3 Å². The Morgan fingerprint density at radius 3 is 2.62 bits per heavy atom. The fraction of sp³-hybridized carbons (Fsp3) is 0.600. The first-order chi connectivity index (χ1) is 12.4. The number of carbonyl (C=O) groups is 1. The zero-order chi connectivity index (χ0) is 18.7. The number of aromatic nitrogens is 4. The monoisotopic (exact) mass is 355 g/mol. The summed E-state index contributed by atoms with van der Waals surface area (Å²) in [4.78, 5) is 23.6. The molecule has 0 unspecified atom stereocenters. The molecule has 0 N–H and O–H groups in total. The Bertz CT molecular complexity index is 754. The van der Waals surface area contributed by atoms with Crippen molar-refractivity contribution in [1.29, 1.82) is 0 Å². The van der Waals surface area contributed by atoms with Gasteiger partial charge in [-0.1, -0.05) is 20.8 Å². The van der Waals surface area contributed by atoms with Crippen LogP contribution in [-0.4, -0.2) is 43.6 Å². The molecule has 0 bridgehead atoms. The molecule has 1 saturated heterocycles. The van der Waals surface area contributed by atoms with Gasteiger partial charge in [-0.25, -0.2) is 4.98 Å². The lowest BCUT2D eigenvalue weighted by atomic mass is 9.89. The number of amides is 1. The Labute approximate surface area is 155 Å². The Kier molecular flexibility index (Phi) is 5.39. The maximum atomic E-state index is 12.4. The van der Waals surface area contributed by atoms with E-state index in [1.165, 1.54) is 0 Å². The molecule has 0 radical (unpaired) electrons. The summed E-state index contributed by atoms with van der Waals surface area (Å²) in [5.74, 6) is 0.810. The molecule has 1 amide bonds. The van der Waals surface area contributed by atoms with Gasteiger partial charge in [0.05, 0.1) is 17.6 Å². The van der Waals surface area contributed by atoms with E-state index in [4.69, 9.17) is 4.98 Å². The predicted molar refractivity (Wildman–Crippen MR) is 101 cm³/mol. The number of hydrogen-bond donors (Lipinski definition) is 0. The molecule has 1 aliphatic heterocycles. The largest absolute Gasteiger partial charge is 0.342 e. The van der Waals surface area contributed by atoms with E-state index >= 15 is 0 Å². The molecule has 140 valence electrons. The lowest BCUT2D eigenvalue weighted by Gasteiger charge is -2.35. The average Bonchev–Trinajstić information content (AvgIpc) is 3.10. The lowest BCUT2D eigenvalue weighted by Crippen LogP contribution is -2.44. The highest BCUT2D eigenvalue weighted by Crippen LogP contribution is 2.26. The molecule has 1 fully saturated rings. The third-order valence-electron chi connectivity index (χ3n) is 5.00. The summed E-state index contributed by atoms with van der Waals surface area (Å²) in [6.07, 6.45) is 8.44. The average molecular weight is 355 g/mol. The van der Waals surface area contributed by atoms with Crippen LogP contribution < -0.4 is 0 Å². The van der Waals surface area contributed by atoms with E-state index in [1.54, 1.807) is 12.4 Å². The normalized spacial score (nSPS) is 16.1. The quantitative estimate of drug-likeness (QED) is 0.845. The standard InChI is InChI=1S/C20H29N5O/c1-5-25-18(6-9-22-25)17-14-21-13-16(23-17)12-15-7-10-24(11-8-15)19(26)20(2,3)4/h6,9,13-15H,5,7-8,10-12H2,1-4H3. The molecule has 26 heavy (non-hydrogen) atoms. The molecule has 0 spiro atoms. The van der Waals surface area contributed by atoms with Gasteiger partial charge in [0.1, 0.15) is 5.69 Å². The van der Waals surface area contributed by atoms with Crippen molar-refractivity contribution in [3.8, 4) is 11.4 Å². The van der Waals surface area contributed by atoms with Gasteiger partial charge in [-0.3, -0.25) is 14.5 Å². The van der Waals surface area contributed by atoms with Crippen molar-refractivity contribution in [2.24, 2.45) is 11.3 Å². The van der Waals surface area contributed by atoms with Gasteiger partial charge in [0.15, 0.2) is 0 Å². The van der Waals surface area contributed by atoms with Crippen LogP contribution in [0.15, 0.2) is 24.7 Å². The molecule has 2 aromatic heterocycles. The molecule has 1 aliphatic rings. The highest BCUT2D eigenvalue weighted by atomic mass is 16.2. The van der Waals surface area contributed by atoms with Gasteiger partial charge in [0.25, 0.3) is 0 Å². The number of hydrogen-bond acceptors (Lipinski definition) is 4. The van der Waals surface area contributed by atoms with Crippen molar-refractivity contribution in [3.63, 3.8) is 0 Å². The van der Waals surface area contributed by atoms with Crippen molar-refractivity contribution in [1.82, 2.24) is 24.6 Å². The molecule has 6 heteroatoms. The Morgan fingerprint density at radius 1 is 1.23 bits per heavy atom. The Balaban J connectivity index is 1.63. The molecule has 0 saturated carbocycles. The van der Waals surface area contributed by atoms with E-state index in [2.05, 4.69) is 17.0 Å². The fourth-order valence-corrected chi connectivity index (χ4v) is 3.54. The van der Waals surface area contributed by atoms with Crippen molar-refractivity contribution in [3.05, 3.63) is 30.4 Å². The summed E-state index contributed by atoms with van der Waals surface area (Å²) in [5, 5.41) is 4.31. The number of carbonyl (C=O) groups excluding carboxylic acids is 1. The first kappa shape index (κ1) is 18.5. The molecule has 3 heterocycles. The van der Waals surface area contributed by atoms with Crippen LogP contribution in [0, 0.1) is 11.3 Å². The van der Waals surface area contributed by atoms with Crippen LogP contribution in [0.3, 0.4) is 0 Å². The zero-order valence-electron chi connectivity index (χ0n) is 16.3. The van der Waals surface area contributed by atoms with E-state index < -0.39 is 0 Å². The molecule has 6 nitrogen and oxygen atoms in total. The summed E-state index contributed by atoms with van der Waals surface area (Å²) in [6.45, 7) is 10.5. The molecule has 0 aliphatic carbocycles. The third-order valence-corrected chi connectivity index (χ3v) is 5.00. The van der Waals surface area contributed by atoms with Crippen LogP contribution in [0.25, 0.3) is 11.4 Å². The maximum Gasteiger partial charge on any atom is 0.227 e. The minimum absolute atomic E-state index is 0.255. The van der Waals surface area contributed by atoms with Gasteiger partial charge in [0, 0.05) is 37.4 Å². The van der Waals surface area contributed by atoms with Crippen LogP contribution in [0.2, 0.25) is 0 Å². The highest BCUT2D eigenvalue weighted by Gasteiger charge is 2.30. The Hall–Kier alpha value is -2.24. The van der Waals surface area contributed by atoms with Gasteiger partial charge < -0.3 is 4.90 Å². The zero-order valence-corrected chi connectivity index (χ0v) is 16.3. The molecule has 0 aromatic carbocycles. The summed E-state index contributed by atoms with van der Waals surface area (Å²) in [6, 6.07) is 1.98. The van der Waals surface area contributed by atoms with Crippen molar-refractivity contribution in [2.45, 2.75) is 53.5 Å². The Morgan fingerprint density at radius 2 is 1.96 bits per heavy atom. The van der Waals surface area contributed by atoms with E-state index in [9.17, 15) is 4.79 Å². The second-order valence-corrected chi connectivity index (χ2v) is 8.12. The van der Waals surface area contributed by atoms with Crippen LogP contribution >= 0.6 is 0 Å². The summed E-state index contributed by atoms with van der Waals surface area (Å²) >= 11 is 0. The van der Waals surface area contributed by atoms with Gasteiger partial charge in [-0.2, -0.15) is 5.10 Å². The first-order valence-electron chi connectivity index (χ1n) is 9.51. The smallest absolute Gasteiger partial charge is 0.227 e. The predicted octanol–water partition coefficient (Wildman–Crippen LogP) is 3.19. The van der Waals surface area contributed by atoms with E-state index in [0.717, 1.165) is 56.0 Å². The number of likely N-dealkylation sites (tertiary alicyclic amines) is 1. The molecular weight excluding hydrogens is 326 g/mol. The maximum absolute atomic E-state index is 12.4. The summed E-state index contributed by atoms with van der Waals surface area (Å²) in [7, 11) is 0. The third kappa shape index (κ3) is 4.11. The fourth-order valence-electron chi connectivity index (χ4n) is 3.54. The van der Waals surface area contributed by atoms with Crippen molar-refractivity contribution in [2.75, 3.05) is 13.1 Å². The van der Waals surface area contributed by atoms with E-state index in [1.807, 2.05) is 42.6 Å². The van der Waals surface area contributed by atoms with Crippen LogP contribution in [0.5, 0.6) is 0 Å². The summed E-state index contributed by atoms with van der Waals surface area (Å²) in [5.41, 5.74) is 2.61. The number of nitrogens with zero attached hydrogens (tertiary/aromatic N) is 5. The number of piperidine rings is 1. The second kappa shape index (κ2) is 7.56. The van der Waals surface area contributed by atoms with Gasteiger partial charge in [-0.15, -0.1) is 0 Å². The van der Waals surface area contributed by atoms with Crippen LogP contribution in [0.1, 0.15) is 46.2 Å². The van der Waals surface area contributed by atoms with Crippen molar-refractivity contribution < 1.29 is 4.79 Å². The molecule has 2 aromatic rings. The first-order valence-corrected chi connectivity index (χ1v) is 9.51. The second-order valence-electron chi connectivity index (χ2n) is 8.12. The SMILES string of the molecule is CCn1nccc1-c1cncc(CC2CCN(C(=O)C(C)(C)C)CC2)n1. The van der Waals surface area contributed by atoms with Gasteiger partial charge in [0.2, 0.25) is 5.91 Å². The molecule has 3 rings (SSSR count). The lowest BCUT2D eigenvalue weighted by molar-refractivity contribution is -0.140. The summed E-state index contributed by atoms with van der Waals surface area (Å²) < 4.78 is 1.93. The topological polar surface area (TPSA) is 63.9 Å². The van der Waals surface area contributed by atoms with Gasteiger partial charge >= 0.3 is 0 Å². The minimum atomic E-state index is -0.297. The number of aryl methyl sites for hydroxylation is 1.